The molecule has 1 fully saturated rings. The number of ether oxygens (including phenoxy) is 1. The number of anilines is 1. The Balaban J connectivity index is 1.73. The highest BCUT2D eigenvalue weighted by atomic mass is 32.1. The normalized spacial score (nSPS) is 20.8. The zero-order chi connectivity index (χ0) is 14.9. The van der Waals surface area contributed by atoms with E-state index in [1.165, 1.54) is 27.9 Å². The molecule has 0 amide bonds. The van der Waals surface area contributed by atoms with Gasteiger partial charge in [0.25, 0.3) is 0 Å². The Hall–Kier alpha value is -1.05. The van der Waals surface area contributed by atoms with Crippen molar-refractivity contribution in [2.75, 3.05) is 18.1 Å². The zero-order valence-electron chi connectivity index (χ0n) is 12.6. The van der Waals surface area contributed by atoms with Gasteiger partial charge >= 0.3 is 0 Å². The van der Waals surface area contributed by atoms with Crippen molar-refractivity contribution in [1.29, 1.82) is 0 Å². The van der Waals surface area contributed by atoms with Gasteiger partial charge in [-0.3, -0.25) is 0 Å². The molecular formula is C14H20N4OS2. The van der Waals surface area contributed by atoms with Gasteiger partial charge in [0.05, 0.1) is 19.3 Å². The van der Waals surface area contributed by atoms with E-state index < -0.39 is 0 Å². The molecule has 3 rings (SSSR count). The standard InChI is InChI=1S/C14H20N4OS2/c1-10-16-13(21-17-10)18(8-12-4-5-15-20-12)7-11-6-14(2,3)9-19-11/h4-5,11H,6-9H2,1-3H3. The van der Waals surface area contributed by atoms with Crippen LogP contribution in [0.1, 0.15) is 31.0 Å². The number of aromatic nitrogens is 3. The van der Waals surface area contributed by atoms with Crippen LogP contribution >= 0.6 is 23.1 Å². The number of hydrogen-bond donors (Lipinski definition) is 0. The van der Waals surface area contributed by atoms with Crippen molar-refractivity contribution in [3.8, 4) is 0 Å². The first-order valence-corrected chi connectivity index (χ1v) is 8.63. The van der Waals surface area contributed by atoms with Gasteiger partial charge in [0, 0.05) is 29.2 Å². The molecule has 0 saturated carbocycles. The van der Waals surface area contributed by atoms with Crippen molar-refractivity contribution in [2.24, 2.45) is 5.41 Å². The summed E-state index contributed by atoms with van der Waals surface area (Å²) in [6.45, 7) is 8.96. The molecule has 2 aromatic heterocycles. The van der Waals surface area contributed by atoms with E-state index >= 15 is 0 Å². The van der Waals surface area contributed by atoms with Crippen LogP contribution in [0.4, 0.5) is 5.13 Å². The number of rotatable bonds is 5. The van der Waals surface area contributed by atoms with Crippen LogP contribution in [0.15, 0.2) is 12.3 Å². The second-order valence-electron chi connectivity index (χ2n) is 6.28. The van der Waals surface area contributed by atoms with Crippen molar-refractivity contribution >= 4 is 28.2 Å². The van der Waals surface area contributed by atoms with E-state index in [9.17, 15) is 0 Å². The Morgan fingerprint density at radius 1 is 1.43 bits per heavy atom. The third-order valence-corrected chi connectivity index (χ3v) is 5.13. The van der Waals surface area contributed by atoms with Gasteiger partial charge in [0.2, 0.25) is 5.13 Å². The fraction of sp³-hybridized carbons (Fsp3) is 0.643. The Labute approximate surface area is 133 Å². The second kappa shape index (κ2) is 5.98. The largest absolute Gasteiger partial charge is 0.376 e. The highest BCUT2D eigenvalue weighted by molar-refractivity contribution is 7.09. The molecule has 0 aromatic carbocycles. The first-order valence-electron chi connectivity index (χ1n) is 7.08. The molecule has 1 unspecified atom stereocenters. The van der Waals surface area contributed by atoms with E-state index in [-0.39, 0.29) is 11.5 Å². The lowest BCUT2D eigenvalue weighted by atomic mass is 9.90. The maximum atomic E-state index is 5.95. The van der Waals surface area contributed by atoms with Crippen LogP contribution in [-0.2, 0) is 11.3 Å². The van der Waals surface area contributed by atoms with Crippen LogP contribution in [0.25, 0.3) is 0 Å². The molecule has 1 aliphatic rings. The minimum absolute atomic E-state index is 0.261. The summed E-state index contributed by atoms with van der Waals surface area (Å²) in [4.78, 5) is 8.04. The minimum atomic E-state index is 0.261. The van der Waals surface area contributed by atoms with Crippen molar-refractivity contribution in [3.05, 3.63) is 23.0 Å². The first kappa shape index (κ1) is 14.9. The van der Waals surface area contributed by atoms with Crippen LogP contribution in [-0.4, -0.2) is 33.0 Å². The molecule has 1 aliphatic heterocycles. The summed E-state index contributed by atoms with van der Waals surface area (Å²) >= 11 is 2.99. The molecule has 1 atom stereocenters. The molecule has 21 heavy (non-hydrogen) atoms. The van der Waals surface area contributed by atoms with E-state index in [0.717, 1.165) is 37.1 Å². The number of hydrogen-bond acceptors (Lipinski definition) is 7. The van der Waals surface area contributed by atoms with Crippen LogP contribution in [0.5, 0.6) is 0 Å². The summed E-state index contributed by atoms with van der Waals surface area (Å²) in [6.07, 6.45) is 3.19. The summed E-state index contributed by atoms with van der Waals surface area (Å²) in [6, 6.07) is 2.06. The van der Waals surface area contributed by atoms with E-state index in [4.69, 9.17) is 4.74 Å². The van der Waals surface area contributed by atoms with E-state index in [0.29, 0.717) is 0 Å². The summed E-state index contributed by atoms with van der Waals surface area (Å²) in [5, 5.41) is 0.967. The highest BCUT2D eigenvalue weighted by Crippen LogP contribution is 2.33. The van der Waals surface area contributed by atoms with Gasteiger partial charge in [-0.05, 0) is 36.4 Å². The summed E-state index contributed by atoms with van der Waals surface area (Å²) in [7, 11) is 0. The second-order valence-corrected chi connectivity index (χ2v) is 7.93. The lowest BCUT2D eigenvalue weighted by Crippen LogP contribution is -2.31. The predicted octanol–water partition coefficient (Wildman–Crippen LogP) is 3.12. The van der Waals surface area contributed by atoms with Crippen LogP contribution in [0, 0.1) is 12.3 Å². The Kier molecular flexibility index (Phi) is 4.24. The number of aryl methyl sites for hydroxylation is 1. The molecule has 1 saturated heterocycles. The van der Waals surface area contributed by atoms with Gasteiger partial charge in [-0.2, -0.15) is 4.37 Å². The van der Waals surface area contributed by atoms with Crippen LogP contribution in [0.3, 0.4) is 0 Å². The maximum Gasteiger partial charge on any atom is 0.205 e. The van der Waals surface area contributed by atoms with Gasteiger partial charge in [-0.1, -0.05) is 13.8 Å². The molecule has 0 radical (unpaired) electrons. The SMILES string of the molecule is Cc1nsc(N(Cc2ccns2)CC2CC(C)(C)CO2)n1. The highest BCUT2D eigenvalue weighted by Gasteiger charge is 2.33. The fourth-order valence-corrected chi connectivity index (χ4v) is 3.85. The molecule has 3 heterocycles. The molecule has 7 heteroatoms. The maximum absolute atomic E-state index is 5.95. The molecule has 114 valence electrons. The smallest absolute Gasteiger partial charge is 0.205 e. The topological polar surface area (TPSA) is 51.1 Å². The average molecular weight is 324 g/mol. The Morgan fingerprint density at radius 2 is 2.29 bits per heavy atom. The van der Waals surface area contributed by atoms with Gasteiger partial charge < -0.3 is 9.64 Å². The van der Waals surface area contributed by atoms with Crippen molar-refractivity contribution < 1.29 is 4.74 Å². The summed E-state index contributed by atoms with van der Waals surface area (Å²) in [5.74, 6) is 0.831. The van der Waals surface area contributed by atoms with Crippen LogP contribution in [0.2, 0.25) is 0 Å². The molecule has 0 N–H and O–H groups in total. The van der Waals surface area contributed by atoms with Crippen LogP contribution < -0.4 is 4.90 Å². The van der Waals surface area contributed by atoms with E-state index in [1.807, 2.05) is 13.1 Å². The van der Waals surface area contributed by atoms with Crippen molar-refractivity contribution in [1.82, 2.24) is 13.7 Å². The molecule has 0 aliphatic carbocycles. The molecule has 5 nitrogen and oxygen atoms in total. The summed E-state index contributed by atoms with van der Waals surface area (Å²) in [5.41, 5.74) is 0.276. The minimum Gasteiger partial charge on any atom is -0.376 e. The Bertz CT molecular complexity index is 582. The van der Waals surface area contributed by atoms with E-state index in [2.05, 4.69) is 38.5 Å². The van der Waals surface area contributed by atoms with Gasteiger partial charge in [0.1, 0.15) is 5.82 Å². The van der Waals surface area contributed by atoms with Crippen molar-refractivity contribution in [2.45, 2.75) is 39.8 Å². The quantitative estimate of drug-likeness (QED) is 0.846. The lowest BCUT2D eigenvalue weighted by molar-refractivity contribution is 0.103. The monoisotopic (exact) mass is 324 g/mol. The molecule has 0 bridgehead atoms. The predicted molar refractivity (Wildman–Crippen MR) is 85.9 cm³/mol. The third kappa shape index (κ3) is 3.78. The average Bonchev–Trinajstić information content (AvgIpc) is 3.11. The summed E-state index contributed by atoms with van der Waals surface area (Å²) < 4.78 is 14.4. The third-order valence-electron chi connectivity index (χ3n) is 3.54. The molecular weight excluding hydrogens is 304 g/mol. The lowest BCUT2D eigenvalue weighted by Gasteiger charge is -2.24. The van der Waals surface area contributed by atoms with Gasteiger partial charge in [0.15, 0.2) is 0 Å². The first-order chi connectivity index (χ1) is 10.0. The zero-order valence-corrected chi connectivity index (χ0v) is 14.2. The number of nitrogens with zero attached hydrogens (tertiary/aromatic N) is 4. The van der Waals surface area contributed by atoms with Gasteiger partial charge in [-0.25, -0.2) is 9.36 Å². The Morgan fingerprint density at radius 3 is 2.86 bits per heavy atom. The van der Waals surface area contributed by atoms with Gasteiger partial charge in [-0.15, -0.1) is 0 Å². The molecule has 2 aromatic rings. The fourth-order valence-electron chi connectivity index (χ4n) is 2.58. The van der Waals surface area contributed by atoms with E-state index in [1.54, 1.807) is 0 Å². The molecule has 0 spiro atoms. The van der Waals surface area contributed by atoms with Crippen molar-refractivity contribution in [3.63, 3.8) is 0 Å².